The number of aliphatic hydroxyl groups excluding tert-OH is 2. The van der Waals surface area contributed by atoms with Crippen molar-refractivity contribution in [2.24, 2.45) is 0 Å². The molecule has 7 nitrogen and oxygen atoms in total. The zero-order chi connectivity index (χ0) is 22.2. The van der Waals surface area contributed by atoms with E-state index in [1.54, 1.807) is 17.8 Å². The second-order valence-electron chi connectivity index (χ2n) is 8.04. The number of nitrogens with zero attached hydrogens (tertiary/aromatic N) is 2. The minimum atomic E-state index is -0.143. The van der Waals surface area contributed by atoms with Crippen LogP contribution in [0.1, 0.15) is 56.6 Å². The molecule has 7 heteroatoms. The van der Waals surface area contributed by atoms with E-state index < -0.39 is 0 Å². The maximum atomic E-state index is 13.0. The predicted molar refractivity (Wildman–Crippen MR) is 122 cm³/mol. The van der Waals surface area contributed by atoms with E-state index in [1.807, 2.05) is 18.2 Å². The number of hydrogen-bond donors (Lipinski definition) is 2. The number of aliphatic hydroxyl groups is 2. The smallest absolute Gasteiger partial charge is 0.296 e. The Bertz CT molecular complexity index is 996. The van der Waals surface area contributed by atoms with Gasteiger partial charge >= 0.3 is 0 Å². The van der Waals surface area contributed by atoms with Gasteiger partial charge in [0.1, 0.15) is 5.75 Å². The maximum absolute atomic E-state index is 13.0. The minimum Gasteiger partial charge on any atom is -0.496 e. The quantitative estimate of drug-likeness (QED) is 0.597. The van der Waals surface area contributed by atoms with Gasteiger partial charge in [-0.25, -0.2) is 0 Å². The van der Waals surface area contributed by atoms with Crippen molar-refractivity contribution >= 4 is 18.3 Å². The molecular weight excluding hydrogens is 396 g/mol. The first-order chi connectivity index (χ1) is 15.1. The summed E-state index contributed by atoms with van der Waals surface area (Å²) in [5.41, 5.74) is 2.21. The lowest BCUT2D eigenvalue weighted by molar-refractivity contribution is 0.282. The summed E-state index contributed by atoms with van der Waals surface area (Å²) < 4.78 is 13.0. The molecule has 1 heterocycles. The van der Waals surface area contributed by atoms with E-state index in [4.69, 9.17) is 9.15 Å². The van der Waals surface area contributed by atoms with Gasteiger partial charge in [0.25, 0.3) is 5.56 Å². The summed E-state index contributed by atoms with van der Waals surface area (Å²) in [7, 11) is 1.59. The SMILES string of the molecule is C=c1o/c(=C/c2ccc(N(CCCO)CCCO)cc2OC)c(=O)n1C1CCCCC1. The minimum absolute atomic E-state index is 0.109. The van der Waals surface area contributed by atoms with E-state index >= 15 is 0 Å². The van der Waals surface area contributed by atoms with Gasteiger partial charge in [0.2, 0.25) is 0 Å². The number of rotatable bonds is 10. The molecule has 0 saturated heterocycles. The van der Waals surface area contributed by atoms with Crippen LogP contribution in [-0.4, -0.2) is 48.2 Å². The molecule has 1 fully saturated rings. The largest absolute Gasteiger partial charge is 0.496 e. The van der Waals surface area contributed by atoms with Gasteiger partial charge in [0.05, 0.1) is 7.11 Å². The lowest BCUT2D eigenvalue weighted by Crippen LogP contribution is -2.35. The Hall–Kier alpha value is -2.51. The third-order valence-electron chi connectivity index (χ3n) is 5.91. The topological polar surface area (TPSA) is 88.1 Å². The highest BCUT2D eigenvalue weighted by Gasteiger charge is 2.19. The average Bonchev–Trinajstić information content (AvgIpc) is 3.07. The highest BCUT2D eigenvalue weighted by Crippen LogP contribution is 2.27. The van der Waals surface area contributed by atoms with E-state index in [9.17, 15) is 15.0 Å². The Balaban J connectivity index is 1.94. The summed E-state index contributed by atoms with van der Waals surface area (Å²) in [5.74, 6) is 0.626. The molecule has 0 aliphatic heterocycles. The van der Waals surface area contributed by atoms with Crippen LogP contribution >= 0.6 is 0 Å². The van der Waals surface area contributed by atoms with Crippen LogP contribution in [0.2, 0.25) is 0 Å². The summed E-state index contributed by atoms with van der Waals surface area (Å²) in [4.78, 5) is 15.1. The van der Waals surface area contributed by atoms with E-state index in [-0.39, 0.29) is 30.2 Å². The molecule has 1 saturated carbocycles. The Labute approximate surface area is 182 Å². The van der Waals surface area contributed by atoms with Gasteiger partial charge in [-0.1, -0.05) is 19.3 Å². The molecule has 1 aromatic carbocycles. The van der Waals surface area contributed by atoms with Gasteiger partial charge in [-0.3, -0.25) is 9.36 Å². The molecule has 1 aliphatic carbocycles. The molecule has 0 bridgehead atoms. The van der Waals surface area contributed by atoms with Crippen LogP contribution in [0.15, 0.2) is 27.4 Å². The fourth-order valence-corrected chi connectivity index (χ4v) is 4.30. The highest BCUT2D eigenvalue weighted by molar-refractivity contribution is 5.63. The first-order valence-electron chi connectivity index (χ1n) is 11.2. The van der Waals surface area contributed by atoms with Crippen molar-refractivity contribution in [3.05, 3.63) is 45.1 Å². The zero-order valence-electron chi connectivity index (χ0n) is 18.4. The van der Waals surface area contributed by atoms with Crippen LogP contribution in [0.3, 0.4) is 0 Å². The maximum Gasteiger partial charge on any atom is 0.296 e. The number of methoxy groups -OCH3 is 1. The molecule has 0 radical (unpaired) electrons. The normalized spacial score (nSPS) is 15.4. The molecule has 0 amide bonds. The van der Waals surface area contributed by atoms with Crippen molar-refractivity contribution in [1.82, 2.24) is 4.57 Å². The highest BCUT2D eigenvalue weighted by atomic mass is 16.5. The van der Waals surface area contributed by atoms with Gasteiger partial charge in [0, 0.05) is 49.7 Å². The fourth-order valence-electron chi connectivity index (χ4n) is 4.30. The van der Waals surface area contributed by atoms with Gasteiger partial charge in [-0.05, 0) is 50.5 Å². The second-order valence-corrected chi connectivity index (χ2v) is 8.04. The fraction of sp³-hybridized carbons (Fsp3) is 0.542. The van der Waals surface area contributed by atoms with Crippen molar-refractivity contribution in [3.8, 4) is 5.75 Å². The summed E-state index contributed by atoms with van der Waals surface area (Å²) in [6, 6.07) is 5.93. The molecular formula is C24H34N2O5. The van der Waals surface area contributed by atoms with Crippen molar-refractivity contribution in [3.63, 3.8) is 0 Å². The molecule has 0 atom stereocenters. The molecule has 0 spiro atoms. The number of aromatic nitrogens is 1. The van der Waals surface area contributed by atoms with Crippen molar-refractivity contribution < 1.29 is 19.4 Å². The summed E-state index contributed by atoms with van der Waals surface area (Å²) in [6.07, 6.45) is 8.42. The van der Waals surface area contributed by atoms with Crippen molar-refractivity contribution in [1.29, 1.82) is 0 Å². The molecule has 0 unspecified atom stereocenters. The second kappa shape index (κ2) is 11.2. The number of ether oxygens (including phenoxy) is 1. The van der Waals surface area contributed by atoms with Crippen LogP contribution in [0.5, 0.6) is 5.75 Å². The molecule has 2 aromatic rings. The van der Waals surface area contributed by atoms with Crippen LogP contribution in [0.4, 0.5) is 5.69 Å². The lowest BCUT2D eigenvalue weighted by Gasteiger charge is -2.25. The monoisotopic (exact) mass is 430 g/mol. The van der Waals surface area contributed by atoms with Crippen molar-refractivity contribution in [2.75, 3.05) is 38.3 Å². The van der Waals surface area contributed by atoms with Crippen LogP contribution in [0.25, 0.3) is 12.7 Å². The first kappa shape index (κ1) is 23.2. The van der Waals surface area contributed by atoms with Crippen molar-refractivity contribution in [2.45, 2.75) is 51.0 Å². The average molecular weight is 431 g/mol. The van der Waals surface area contributed by atoms with Crippen LogP contribution in [-0.2, 0) is 0 Å². The van der Waals surface area contributed by atoms with Gasteiger partial charge < -0.3 is 24.3 Å². The first-order valence-corrected chi connectivity index (χ1v) is 11.2. The Morgan fingerprint density at radius 2 is 1.87 bits per heavy atom. The molecule has 2 N–H and O–H groups in total. The Morgan fingerprint density at radius 1 is 1.19 bits per heavy atom. The van der Waals surface area contributed by atoms with Gasteiger partial charge in [0.15, 0.2) is 11.0 Å². The Kier molecular flexibility index (Phi) is 8.37. The lowest BCUT2D eigenvalue weighted by atomic mass is 9.95. The number of hydrogen-bond acceptors (Lipinski definition) is 6. The standard InChI is InChI=1S/C24H34N2O5/c1-18-26(20-8-4-3-5-9-20)24(29)23(31-18)16-19-10-11-21(17-22(19)30-2)25(12-6-14-27)13-7-15-28/h10-11,16-17,20,27-28H,1,3-9,12-15H2,2H3/b23-16+. The number of oxazole rings is 1. The van der Waals surface area contributed by atoms with Crippen LogP contribution in [0, 0.1) is 0 Å². The number of benzene rings is 1. The van der Waals surface area contributed by atoms with Crippen LogP contribution < -0.4 is 26.2 Å². The predicted octanol–water partition coefficient (Wildman–Crippen LogP) is 1.77. The van der Waals surface area contributed by atoms with E-state index in [0.717, 1.165) is 36.9 Å². The zero-order valence-corrected chi connectivity index (χ0v) is 18.4. The van der Waals surface area contributed by atoms with Gasteiger partial charge in [-0.2, -0.15) is 0 Å². The number of anilines is 1. The Morgan fingerprint density at radius 3 is 2.48 bits per heavy atom. The third kappa shape index (κ3) is 5.60. The van der Waals surface area contributed by atoms with E-state index in [0.29, 0.717) is 37.2 Å². The molecule has 170 valence electrons. The van der Waals surface area contributed by atoms with E-state index in [1.165, 1.54) is 6.42 Å². The molecule has 1 aliphatic rings. The summed E-state index contributed by atoms with van der Waals surface area (Å²) in [5, 5.41) is 18.4. The van der Waals surface area contributed by atoms with Gasteiger partial charge in [-0.15, -0.1) is 0 Å². The summed E-state index contributed by atoms with van der Waals surface area (Å²) >= 11 is 0. The molecule has 3 rings (SSSR count). The molecule has 1 aromatic heterocycles. The third-order valence-corrected chi connectivity index (χ3v) is 5.91. The molecule has 31 heavy (non-hydrogen) atoms. The summed E-state index contributed by atoms with van der Waals surface area (Å²) in [6.45, 7) is 5.53. The van der Waals surface area contributed by atoms with E-state index in [2.05, 4.69) is 11.5 Å².